The van der Waals surface area contributed by atoms with E-state index >= 15 is 0 Å². The molecule has 0 fully saturated rings. The van der Waals surface area contributed by atoms with E-state index in [2.05, 4.69) is 10.6 Å². The van der Waals surface area contributed by atoms with Crippen LogP contribution in [0.5, 0.6) is 0 Å². The standard InChI is InChI=1S/C35H36N4O4/c1-38(24-26-14-5-3-6-15-26)34(42)28-18-9-11-20-30(28)36-32(40)22-13-23-33(41)37-31-21-12-10-19-29(31)35(43)39(2)25-27-16-7-4-8-17-27/h3-12,14-21H,13,22-25H2,1-2H3,(H,36,40)(H,37,41). The van der Waals surface area contributed by atoms with Crippen molar-refractivity contribution >= 4 is 35.0 Å². The summed E-state index contributed by atoms with van der Waals surface area (Å²) in [5.41, 5.74) is 3.65. The number of anilines is 2. The Morgan fingerprint density at radius 2 is 0.860 bits per heavy atom. The second-order valence-electron chi connectivity index (χ2n) is 10.3. The van der Waals surface area contributed by atoms with Crippen LogP contribution in [0.1, 0.15) is 51.1 Å². The number of nitrogens with zero attached hydrogens (tertiary/aromatic N) is 2. The predicted octanol–water partition coefficient (Wildman–Crippen LogP) is 5.98. The van der Waals surface area contributed by atoms with Gasteiger partial charge in [0.05, 0.1) is 22.5 Å². The van der Waals surface area contributed by atoms with Crippen LogP contribution in [-0.4, -0.2) is 47.5 Å². The Morgan fingerprint density at radius 3 is 1.26 bits per heavy atom. The Hall–Kier alpha value is -5.24. The van der Waals surface area contributed by atoms with Crippen LogP contribution in [-0.2, 0) is 22.7 Å². The molecular weight excluding hydrogens is 540 g/mol. The second-order valence-corrected chi connectivity index (χ2v) is 10.3. The molecule has 8 heteroatoms. The van der Waals surface area contributed by atoms with Gasteiger partial charge in [0.1, 0.15) is 0 Å². The fraction of sp³-hybridized carbons (Fsp3) is 0.200. The third kappa shape index (κ3) is 8.87. The maximum absolute atomic E-state index is 13.1. The molecule has 2 N–H and O–H groups in total. The molecule has 0 aromatic heterocycles. The first-order valence-electron chi connectivity index (χ1n) is 14.2. The van der Waals surface area contributed by atoms with E-state index in [1.165, 1.54) is 0 Å². The Bertz CT molecular complexity index is 1440. The van der Waals surface area contributed by atoms with Gasteiger partial charge >= 0.3 is 0 Å². The van der Waals surface area contributed by atoms with E-state index in [0.717, 1.165) is 11.1 Å². The lowest BCUT2D eigenvalue weighted by atomic mass is 10.1. The van der Waals surface area contributed by atoms with Crippen molar-refractivity contribution in [3.8, 4) is 0 Å². The lowest BCUT2D eigenvalue weighted by Crippen LogP contribution is -2.27. The van der Waals surface area contributed by atoms with E-state index in [-0.39, 0.29) is 36.5 Å². The molecule has 0 radical (unpaired) electrons. The van der Waals surface area contributed by atoms with Gasteiger partial charge in [0.15, 0.2) is 0 Å². The first kappa shape index (κ1) is 30.7. The second kappa shape index (κ2) is 15.1. The lowest BCUT2D eigenvalue weighted by molar-refractivity contribution is -0.117. The van der Waals surface area contributed by atoms with Crippen molar-refractivity contribution in [3.05, 3.63) is 131 Å². The molecule has 0 saturated carbocycles. The van der Waals surface area contributed by atoms with E-state index in [1.807, 2.05) is 60.7 Å². The average Bonchev–Trinajstić information content (AvgIpc) is 3.02. The molecule has 0 spiro atoms. The Labute approximate surface area is 252 Å². The van der Waals surface area contributed by atoms with Crippen LogP contribution in [0.3, 0.4) is 0 Å². The first-order valence-corrected chi connectivity index (χ1v) is 14.2. The number of hydrogen-bond donors (Lipinski definition) is 2. The zero-order chi connectivity index (χ0) is 30.6. The number of hydrogen-bond acceptors (Lipinski definition) is 4. The smallest absolute Gasteiger partial charge is 0.256 e. The van der Waals surface area contributed by atoms with Gasteiger partial charge in [-0.1, -0.05) is 84.9 Å². The highest BCUT2D eigenvalue weighted by Crippen LogP contribution is 2.20. The summed E-state index contributed by atoms with van der Waals surface area (Å²) in [6, 6.07) is 33.1. The quantitative estimate of drug-likeness (QED) is 0.217. The summed E-state index contributed by atoms with van der Waals surface area (Å²) >= 11 is 0. The highest BCUT2D eigenvalue weighted by atomic mass is 16.2. The van der Waals surface area contributed by atoms with Crippen LogP contribution in [0.15, 0.2) is 109 Å². The van der Waals surface area contributed by atoms with Crippen molar-refractivity contribution in [1.82, 2.24) is 9.80 Å². The highest BCUT2D eigenvalue weighted by molar-refractivity contribution is 6.05. The van der Waals surface area contributed by atoms with Gasteiger partial charge in [0, 0.05) is 40.0 Å². The predicted molar refractivity (Wildman–Crippen MR) is 168 cm³/mol. The zero-order valence-corrected chi connectivity index (χ0v) is 24.5. The van der Waals surface area contributed by atoms with Crippen molar-refractivity contribution in [1.29, 1.82) is 0 Å². The molecule has 8 nitrogen and oxygen atoms in total. The summed E-state index contributed by atoms with van der Waals surface area (Å²) in [4.78, 5) is 54.9. The number of amides is 4. The Kier molecular flexibility index (Phi) is 10.8. The summed E-state index contributed by atoms with van der Waals surface area (Å²) < 4.78 is 0. The number of rotatable bonds is 12. The summed E-state index contributed by atoms with van der Waals surface area (Å²) in [5.74, 6) is -1.00. The summed E-state index contributed by atoms with van der Waals surface area (Å²) in [5, 5.41) is 5.64. The van der Waals surface area contributed by atoms with Crippen LogP contribution in [0, 0.1) is 0 Å². The highest BCUT2D eigenvalue weighted by Gasteiger charge is 2.19. The van der Waals surface area contributed by atoms with Gasteiger partial charge in [-0.05, 0) is 41.8 Å². The van der Waals surface area contributed by atoms with Crippen molar-refractivity contribution in [2.24, 2.45) is 0 Å². The molecule has 0 heterocycles. The lowest BCUT2D eigenvalue weighted by Gasteiger charge is -2.19. The monoisotopic (exact) mass is 576 g/mol. The van der Waals surface area contributed by atoms with Crippen LogP contribution < -0.4 is 10.6 Å². The van der Waals surface area contributed by atoms with Crippen molar-refractivity contribution in [2.75, 3.05) is 24.7 Å². The van der Waals surface area contributed by atoms with Crippen molar-refractivity contribution in [2.45, 2.75) is 32.4 Å². The molecule has 0 aliphatic carbocycles. The maximum Gasteiger partial charge on any atom is 0.256 e. The van der Waals surface area contributed by atoms with Crippen molar-refractivity contribution < 1.29 is 19.2 Å². The SMILES string of the molecule is CN(Cc1ccccc1)C(=O)c1ccccc1NC(=O)CCCC(=O)Nc1ccccc1C(=O)N(C)Cc1ccccc1. The minimum atomic E-state index is -0.295. The fourth-order valence-corrected chi connectivity index (χ4v) is 4.66. The molecule has 4 rings (SSSR count). The van der Waals surface area contributed by atoms with Crippen LogP contribution in [0.25, 0.3) is 0 Å². The molecule has 220 valence electrons. The van der Waals surface area contributed by atoms with Gasteiger partial charge in [-0.15, -0.1) is 0 Å². The van der Waals surface area contributed by atoms with Gasteiger partial charge in [0.2, 0.25) is 11.8 Å². The van der Waals surface area contributed by atoms with Crippen molar-refractivity contribution in [3.63, 3.8) is 0 Å². The first-order chi connectivity index (χ1) is 20.8. The van der Waals surface area contributed by atoms with Gasteiger partial charge < -0.3 is 20.4 Å². The minimum Gasteiger partial charge on any atom is -0.337 e. The van der Waals surface area contributed by atoms with Crippen LogP contribution in [0.2, 0.25) is 0 Å². The number of benzene rings is 4. The molecular formula is C35H36N4O4. The van der Waals surface area contributed by atoms with E-state index < -0.39 is 0 Å². The Morgan fingerprint density at radius 1 is 0.512 bits per heavy atom. The summed E-state index contributed by atoms with van der Waals surface area (Å²) in [7, 11) is 3.44. The van der Waals surface area contributed by atoms with Gasteiger partial charge in [-0.2, -0.15) is 0 Å². The molecule has 0 unspecified atom stereocenters. The molecule has 0 aliphatic rings. The maximum atomic E-state index is 13.1. The number of carbonyl (C=O) groups excluding carboxylic acids is 4. The number of para-hydroxylation sites is 2. The molecule has 0 bridgehead atoms. The van der Waals surface area contributed by atoms with Crippen LogP contribution >= 0.6 is 0 Å². The normalized spacial score (nSPS) is 10.5. The van der Waals surface area contributed by atoms with Gasteiger partial charge in [0.25, 0.3) is 11.8 Å². The fourth-order valence-electron chi connectivity index (χ4n) is 4.66. The molecule has 4 aromatic rings. The third-order valence-electron chi connectivity index (χ3n) is 6.89. The third-order valence-corrected chi connectivity index (χ3v) is 6.89. The van der Waals surface area contributed by atoms with E-state index in [1.54, 1.807) is 72.4 Å². The molecule has 4 aromatic carbocycles. The van der Waals surface area contributed by atoms with E-state index in [9.17, 15) is 19.2 Å². The van der Waals surface area contributed by atoms with E-state index in [4.69, 9.17) is 0 Å². The Balaban J connectivity index is 1.28. The largest absolute Gasteiger partial charge is 0.337 e. The zero-order valence-electron chi connectivity index (χ0n) is 24.5. The topological polar surface area (TPSA) is 98.8 Å². The molecule has 0 aliphatic heterocycles. The van der Waals surface area contributed by atoms with Gasteiger partial charge in [-0.25, -0.2) is 0 Å². The van der Waals surface area contributed by atoms with Crippen LogP contribution in [0.4, 0.5) is 11.4 Å². The molecule has 0 saturated heterocycles. The summed E-state index contributed by atoms with van der Waals surface area (Å²) in [6.07, 6.45) is 0.484. The molecule has 0 atom stereocenters. The minimum absolute atomic E-state index is 0.0934. The number of carbonyl (C=O) groups is 4. The number of nitrogens with one attached hydrogen (secondary N) is 2. The molecule has 43 heavy (non-hydrogen) atoms. The van der Waals surface area contributed by atoms with Gasteiger partial charge in [-0.3, -0.25) is 19.2 Å². The summed E-state index contributed by atoms with van der Waals surface area (Å²) in [6.45, 7) is 0.879. The molecule has 4 amide bonds. The van der Waals surface area contributed by atoms with E-state index in [0.29, 0.717) is 42.0 Å². The average molecular weight is 577 g/mol.